The van der Waals surface area contributed by atoms with Crippen LogP contribution in [0.5, 0.6) is 0 Å². The van der Waals surface area contributed by atoms with Crippen molar-refractivity contribution in [1.82, 2.24) is 9.88 Å². The lowest BCUT2D eigenvalue weighted by atomic mass is 10.1. The summed E-state index contributed by atoms with van der Waals surface area (Å²) in [4.78, 5) is 9.48. The number of anilines is 1. The number of hydrogen-bond acceptors (Lipinski definition) is 3. The van der Waals surface area contributed by atoms with Crippen LogP contribution in [-0.4, -0.2) is 42.6 Å². The summed E-state index contributed by atoms with van der Waals surface area (Å²) in [5.74, 6) is -0.165. The normalized spacial score (nSPS) is 15.6. The molecule has 0 bridgehead atoms. The number of aromatic nitrogens is 1. The molecule has 2 aromatic carbocycles. The Bertz CT molecular complexity index is 856. The zero-order chi connectivity index (χ0) is 17.1. The highest BCUT2D eigenvalue weighted by molar-refractivity contribution is 5.78. The Labute approximate surface area is 147 Å². The van der Waals surface area contributed by atoms with E-state index in [-0.39, 0.29) is 5.82 Å². The fraction of sp³-hybridized carbons (Fsp3) is 0.286. The minimum atomic E-state index is -0.165. The van der Waals surface area contributed by atoms with Gasteiger partial charge in [-0.2, -0.15) is 0 Å². The molecule has 0 radical (unpaired) electrons. The quantitative estimate of drug-likeness (QED) is 0.724. The molecule has 3 nitrogen and oxygen atoms in total. The number of nitrogens with zero attached hydrogens (tertiary/aromatic N) is 3. The minimum absolute atomic E-state index is 0.165. The third-order valence-electron chi connectivity index (χ3n) is 4.89. The predicted molar refractivity (Wildman–Crippen MR) is 101 cm³/mol. The van der Waals surface area contributed by atoms with Gasteiger partial charge in [-0.1, -0.05) is 30.3 Å². The Hall–Kier alpha value is -2.46. The average Bonchev–Trinajstić information content (AvgIpc) is 2.66. The van der Waals surface area contributed by atoms with Crippen LogP contribution in [0.1, 0.15) is 5.69 Å². The number of hydrogen-bond donors (Lipinski definition) is 0. The molecule has 1 aromatic heterocycles. The Morgan fingerprint density at radius 2 is 1.72 bits per heavy atom. The fourth-order valence-corrected chi connectivity index (χ4v) is 3.42. The van der Waals surface area contributed by atoms with Crippen molar-refractivity contribution < 1.29 is 4.39 Å². The first-order valence-corrected chi connectivity index (χ1v) is 8.85. The van der Waals surface area contributed by atoms with Crippen molar-refractivity contribution in [2.24, 2.45) is 0 Å². The molecule has 1 saturated heterocycles. The Balaban J connectivity index is 1.32. The summed E-state index contributed by atoms with van der Waals surface area (Å²) < 4.78 is 13.4. The molecule has 25 heavy (non-hydrogen) atoms. The zero-order valence-corrected chi connectivity index (χ0v) is 14.2. The lowest BCUT2D eigenvalue weighted by Crippen LogP contribution is -2.47. The first-order chi connectivity index (χ1) is 12.3. The number of benzene rings is 2. The molecule has 1 aliphatic heterocycles. The zero-order valence-electron chi connectivity index (χ0n) is 14.2. The second-order valence-corrected chi connectivity index (χ2v) is 6.55. The van der Waals surface area contributed by atoms with E-state index >= 15 is 0 Å². The van der Waals surface area contributed by atoms with Crippen LogP contribution in [-0.2, 0) is 6.42 Å². The smallest absolute Gasteiger partial charge is 0.125 e. The van der Waals surface area contributed by atoms with Gasteiger partial charge in [-0.3, -0.25) is 9.88 Å². The molecule has 1 aliphatic rings. The summed E-state index contributed by atoms with van der Waals surface area (Å²) in [6.07, 6.45) is 0.963. The maximum absolute atomic E-state index is 13.4. The van der Waals surface area contributed by atoms with Gasteiger partial charge in [0, 0.05) is 55.9 Å². The molecule has 0 N–H and O–H groups in total. The second-order valence-electron chi connectivity index (χ2n) is 6.55. The van der Waals surface area contributed by atoms with Gasteiger partial charge in [-0.25, -0.2) is 4.39 Å². The van der Waals surface area contributed by atoms with Crippen LogP contribution in [0.25, 0.3) is 10.9 Å². The van der Waals surface area contributed by atoms with Crippen LogP contribution in [0.4, 0.5) is 10.1 Å². The van der Waals surface area contributed by atoms with Crippen molar-refractivity contribution in [3.05, 3.63) is 72.2 Å². The molecule has 1 fully saturated rings. The maximum atomic E-state index is 13.4. The van der Waals surface area contributed by atoms with Crippen molar-refractivity contribution in [2.45, 2.75) is 6.42 Å². The maximum Gasteiger partial charge on any atom is 0.125 e. The largest absolute Gasteiger partial charge is 0.369 e. The van der Waals surface area contributed by atoms with Crippen molar-refractivity contribution in [3.8, 4) is 0 Å². The van der Waals surface area contributed by atoms with E-state index in [0.717, 1.165) is 56.0 Å². The van der Waals surface area contributed by atoms with Gasteiger partial charge in [-0.15, -0.1) is 0 Å². The van der Waals surface area contributed by atoms with E-state index in [1.54, 1.807) is 12.1 Å². The summed E-state index contributed by atoms with van der Waals surface area (Å²) in [7, 11) is 0. The molecule has 0 atom stereocenters. The molecule has 2 heterocycles. The van der Waals surface area contributed by atoms with Crippen LogP contribution in [0.2, 0.25) is 0 Å². The van der Waals surface area contributed by atoms with E-state index in [0.29, 0.717) is 0 Å². The lowest BCUT2D eigenvalue weighted by molar-refractivity contribution is 0.260. The molecule has 0 aliphatic carbocycles. The van der Waals surface area contributed by atoms with E-state index in [2.05, 4.69) is 34.1 Å². The predicted octanol–water partition coefficient (Wildman–Crippen LogP) is 3.74. The summed E-state index contributed by atoms with van der Waals surface area (Å²) in [5, 5.41) is 1.19. The van der Waals surface area contributed by atoms with Crippen LogP contribution < -0.4 is 4.90 Å². The summed E-state index contributed by atoms with van der Waals surface area (Å²) in [6.45, 7) is 4.90. The minimum Gasteiger partial charge on any atom is -0.369 e. The van der Waals surface area contributed by atoms with Gasteiger partial charge >= 0.3 is 0 Å². The average molecular weight is 335 g/mol. The van der Waals surface area contributed by atoms with Crippen LogP contribution in [0, 0.1) is 5.82 Å². The van der Waals surface area contributed by atoms with Crippen molar-refractivity contribution in [2.75, 3.05) is 37.6 Å². The first kappa shape index (κ1) is 16.0. The molecule has 0 saturated carbocycles. The number of rotatable bonds is 4. The second kappa shape index (κ2) is 7.19. The molecule has 0 unspecified atom stereocenters. The molecule has 3 aromatic rings. The highest BCUT2D eigenvalue weighted by Crippen LogP contribution is 2.18. The van der Waals surface area contributed by atoms with Crippen molar-refractivity contribution in [1.29, 1.82) is 0 Å². The van der Waals surface area contributed by atoms with Gasteiger partial charge < -0.3 is 4.90 Å². The number of halogens is 1. The third-order valence-corrected chi connectivity index (χ3v) is 4.89. The number of fused-ring (bicyclic) bond motifs is 1. The highest BCUT2D eigenvalue weighted by Gasteiger charge is 2.17. The molecule has 128 valence electrons. The van der Waals surface area contributed by atoms with Gasteiger partial charge in [0.15, 0.2) is 0 Å². The van der Waals surface area contributed by atoms with E-state index in [4.69, 9.17) is 4.98 Å². The highest BCUT2D eigenvalue weighted by atomic mass is 19.1. The van der Waals surface area contributed by atoms with Crippen molar-refractivity contribution in [3.63, 3.8) is 0 Å². The number of piperazine rings is 1. The monoisotopic (exact) mass is 335 g/mol. The van der Waals surface area contributed by atoms with Gasteiger partial charge in [0.1, 0.15) is 5.82 Å². The van der Waals surface area contributed by atoms with E-state index in [1.807, 2.05) is 18.2 Å². The van der Waals surface area contributed by atoms with Gasteiger partial charge in [-0.05, 0) is 30.3 Å². The van der Waals surface area contributed by atoms with Crippen LogP contribution in [0.3, 0.4) is 0 Å². The van der Waals surface area contributed by atoms with Gasteiger partial charge in [0.25, 0.3) is 0 Å². The third kappa shape index (κ3) is 3.80. The lowest BCUT2D eigenvalue weighted by Gasteiger charge is -2.36. The summed E-state index contributed by atoms with van der Waals surface area (Å²) in [6, 6.07) is 19.4. The standard InChI is InChI=1S/C21H22FN3/c22-18-5-3-6-20(16-18)25-14-12-24(13-15-25)11-10-19-9-8-17-4-1-2-7-21(17)23-19/h1-9,16H,10-15H2. The van der Waals surface area contributed by atoms with Crippen LogP contribution >= 0.6 is 0 Å². The first-order valence-electron chi connectivity index (χ1n) is 8.85. The summed E-state index contributed by atoms with van der Waals surface area (Å²) in [5.41, 5.74) is 3.19. The molecule has 0 spiro atoms. The fourth-order valence-electron chi connectivity index (χ4n) is 3.42. The van der Waals surface area contributed by atoms with E-state index < -0.39 is 0 Å². The van der Waals surface area contributed by atoms with E-state index in [1.165, 1.54) is 11.5 Å². The molecular weight excluding hydrogens is 313 g/mol. The summed E-state index contributed by atoms with van der Waals surface area (Å²) >= 11 is 0. The van der Waals surface area contributed by atoms with Crippen LogP contribution in [0.15, 0.2) is 60.7 Å². The SMILES string of the molecule is Fc1cccc(N2CCN(CCc3ccc4ccccc4n3)CC2)c1. The van der Waals surface area contributed by atoms with E-state index in [9.17, 15) is 4.39 Å². The van der Waals surface area contributed by atoms with Gasteiger partial charge in [0.2, 0.25) is 0 Å². The molecule has 4 heteroatoms. The Morgan fingerprint density at radius 1 is 0.880 bits per heavy atom. The topological polar surface area (TPSA) is 19.4 Å². The van der Waals surface area contributed by atoms with Crippen molar-refractivity contribution >= 4 is 16.6 Å². The molecular formula is C21H22FN3. The Kier molecular flexibility index (Phi) is 4.61. The van der Waals surface area contributed by atoms with Gasteiger partial charge in [0.05, 0.1) is 5.52 Å². The molecule has 0 amide bonds. The number of para-hydroxylation sites is 1. The number of pyridine rings is 1. The Morgan fingerprint density at radius 3 is 2.56 bits per heavy atom. The molecule has 4 rings (SSSR count).